The van der Waals surface area contributed by atoms with Gasteiger partial charge < -0.3 is 19.9 Å². The highest BCUT2D eigenvalue weighted by molar-refractivity contribution is 6.35. The summed E-state index contributed by atoms with van der Waals surface area (Å²) < 4.78 is 11.1. The Morgan fingerprint density at radius 1 is 1.24 bits per heavy atom. The van der Waals surface area contributed by atoms with Gasteiger partial charge in [-0.15, -0.1) is 0 Å². The summed E-state index contributed by atoms with van der Waals surface area (Å²) in [5, 5.41) is 13.2. The molecule has 0 unspecified atom stereocenters. The van der Waals surface area contributed by atoms with E-state index in [1.54, 1.807) is 18.2 Å². The minimum absolute atomic E-state index is 0.0534. The molecule has 0 heterocycles. The third-order valence-corrected chi connectivity index (χ3v) is 3.85. The molecule has 0 fully saturated rings. The fourth-order valence-electron chi connectivity index (χ4n) is 2.28. The molecule has 0 saturated carbocycles. The van der Waals surface area contributed by atoms with Gasteiger partial charge in [0.1, 0.15) is 11.5 Å². The van der Waals surface area contributed by atoms with Gasteiger partial charge in [0.15, 0.2) is 0 Å². The standard InChI is InChI=1S/C18H19Cl2NO4/c1-10(2)25-17-12(6-13(19)8-14(17)20)9-21-15-7-11(18(22)23)4-5-16(15)24-3/h4-8,10,21H,9H2,1-3H3,(H,22,23). The quantitative estimate of drug-likeness (QED) is 0.695. The van der Waals surface area contributed by atoms with E-state index in [2.05, 4.69) is 5.32 Å². The van der Waals surface area contributed by atoms with E-state index in [1.807, 2.05) is 13.8 Å². The molecule has 0 aromatic heterocycles. The first-order chi connectivity index (χ1) is 11.8. The molecule has 0 spiro atoms. The molecule has 0 bridgehead atoms. The largest absolute Gasteiger partial charge is 0.495 e. The molecule has 2 N–H and O–H groups in total. The highest BCUT2D eigenvalue weighted by Crippen LogP contribution is 2.34. The van der Waals surface area contributed by atoms with Gasteiger partial charge in [-0.1, -0.05) is 23.2 Å². The van der Waals surface area contributed by atoms with Crippen LogP contribution < -0.4 is 14.8 Å². The molecule has 0 amide bonds. The van der Waals surface area contributed by atoms with Gasteiger partial charge in [0.25, 0.3) is 0 Å². The Hall–Kier alpha value is -2.11. The molecule has 0 aliphatic heterocycles. The van der Waals surface area contributed by atoms with Gasteiger partial charge in [0, 0.05) is 17.1 Å². The maximum atomic E-state index is 11.2. The molecular weight excluding hydrogens is 365 g/mol. The van der Waals surface area contributed by atoms with Crippen molar-refractivity contribution in [3.05, 3.63) is 51.5 Å². The minimum Gasteiger partial charge on any atom is -0.495 e. The molecule has 134 valence electrons. The second-order valence-electron chi connectivity index (χ2n) is 5.62. The van der Waals surface area contributed by atoms with Crippen molar-refractivity contribution in [3.63, 3.8) is 0 Å². The van der Waals surface area contributed by atoms with Crippen LogP contribution >= 0.6 is 23.2 Å². The Bertz CT molecular complexity index is 778. The topological polar surface area (TPSA) is 67.8 Å². The third-order valence-electron chi connectivity index (χ3n) is 3.35. The molecular formula is C18H19Cl2NO4. The van der Waals surface area contributed by atoms with Crippen molar-refractivity contribution in [1.29, 1.82) is 0 Å². The summed E-state index contributed by atoms with van der Waals surface area (Å²) in [6.07, 6.45) is -0.0534. The fourth-order valence-corrected chi connectivity index (χ4v) is 2.86. The molecule has 2 rings (SSSR count). The first-order valence-electron chi connectivity index (χ1n) is 7.61. The van der Waals surface area contributed by atoms with Crippen LogP contribution in [0.2, 0.25) is 10.0 Å². The molecule has 7 heteroatoms. The van der Waals surface area contributed by atoms with Crippen LogP contribution in [0.25, 0.3) is 0 Å². The zero-order valence-electron chi connectivity index (χ0n) is 14.1. The second kappa shape index (κ2) is 8.32. The van der Waals surface area contributed by atoms with E-state index in [0.29, 0.717) is 33.8 Å². The van der Waals surface area contributed by atoms with Crippen LogP contribution in [0.5, 0.6) is 11.5 Å². The SMILES string of the molecule is COc1ccc(C(=O)O)cc1NCc1cc(Cl)cc(Cl)c1OC(C)C. The molecule has 0 atom stereocenters. The van der Waals surface area contributed by atoms with Crippen molar-refractivity contribution < 1.29 is 19.4 Å². The smallest absolute Gasteiger partial charge is 0.335 e. The van der Waals surface area contributed by atoms with Crippen LogP contribution in [-0.4, -0.2) is 24.3 Å². The molecule has 5 nitrogen and oxygen atoms in total. The van der Waals surface area contributed by atoms with Gasteiger partial charge >= 0.3 is 5.97 Å². The van der Waals surface area contributed by atoms with Crippen molar-refractivity contribution in [2.45, 2.75) is 26.5 Å². The summed E-state index contributed by atoms with van der Waals surface area (Å²) in [5.41, 5.74) is 1.47. The number of hydrogen-bond donors (Lipinski definition) is 2. The lowest BCUT2D eigenvalue weighted by molar-refractivity contribution is 0.0697. The summed E-state index contributed by atoms with van der Waals surface area (Å²) in [4.78, 5) is 11.2. The van der Waals surface area contributed by atoms with E-state index < -0.39 is 5.97 Å². The molecule has 0 radical (unpaired) electrons. The first-order valence-corrected chi connectivity index (χ1v) is 8.37. The van der Waals surface area contributed by atoms with E-state index in [4.69, 9.17) is 37.8 Å². The van der Waals surface area contributed by atoms with Crippen molar-refractivity contribution in [2.24, 2.45) is 0 Å². The predicted octanol–water partition coefficient (Wildman–Crippen LogP) is 5.10. The highest BCUT2D eigenvalue weighted by Gasteiger charge is 2.14. The fraction of sp³-hybridized carbons (Fsp3) is 0.278. The number of ether oxygens (including phenoxy) is 2. The summed E-state index contributed by atoms with van der Waals surface area (Å²) in [5.74, 6) is 0.0618. The van der Waals surface area contributed by atoms with Crippen LogP contribution in [0, 0.1) is 0 Å². The van der Waals surface area contributed by atoms with Crippen molar-refractivity contribution in [3.8, 4) is 11.5 Å². The Kier molecular flexibility index (Phi) is 6.39. The Balaban J connectivity index is 2.32. The molecule has 0 aliphatic carbocycles. The number of nitrogens with one attached hydrogen (secondary N) is 1. The maximum absolute atomic E-state index is 11.2. The molecule has 2 aromatic rings. The molecule has 0 saturated heterocycles. The van der Waals surface area contributed by atoms with E-state index in [1.165, 1.54) is 19.2 Å². The van der Waals surface area contributed by atoms with Crippen molar-refractivity contribution in [1.82, 2.24) is 0 Å². The first kappa shape index (κ1) is 19.2. The van der Waals surface area contributed by atoms with Crippen LogP contribution in [0.3, 0.4) is 0 Å². The third kappa shape index (κ3) is 4.94. The Morgan fingerprint density at radius 2 is 1.96 bits per heavy atom. The lowest BCUT2D eigenvalue weighted by Crippen LogP contribution is -2.10. The van der Waals surface area contributed by atoms with Crippen LogP contribution in [0.1, 0.15) is 29.8 Å². The number of hydrogen-bond acceptors (Lipinski definition) is 4. The molecule has 25 heavy (non-hydrogen) atoms. The number of benzene rings is 2. The number of carboxylic acid groups (broad SMARTS) is 1. The molecule has 0 aliphatic rings. The average molecular weight is 384 g/mol. The summed E-state index contributed by atoms with van der Waals surface area (Å²) in [6, 6.07) is 7.97. The van der Waals surface area contributed by atoms with Gasteiger partial charge in [0.2, 0.25) is 0 Å². The number of rotatable bonds is 7. The lowest BCUT2D eigenvalue weighted by atomic mass is 10.1. The average Bonchev–Trinajstić information content (AvgIpc) is 2.55. The summed E-state index contributed by atoms with van der Waals surface area (Å²) in [7, 11) is 1.52. The number of anilines is 1. The van der Waals surface area contributed by atoms with Gasteiger partial charge in [0.05, 0.1) is 29.5 Å². The van der Waals surface area contributed by atoms with E-state index >= 15 is 0 Å². The zero-order chi connectivity index (χ0) is 18.6. The number of halogens is 2. The second-order valence-corrected chi connectivity index (χ2v) is 6.46. The Morgan fingerprint density at radius 3 is 2.56 bits per heavy atom. The van der Waals surface area contributed by atoms with E-state index in [-0.39, 0.29) is 11.7 Å². The van der Waals surface area contributed by atoms with Crippen LogP contribution in [0.15, 0.2) is 30.3 Å². The van der Waals surface area contributed by atoms with Crippen molar-refractivity contribution in [2.75, 3.05) is 12.4 Å². The number of carboxylic acids is 1. The number of carbonyl (C=O) groups is 1. The zero-order valence-corrected chi connectivity index (χ0v) is 15.6. The highest BCUT2D eigenvalue weighted by atomic mass is 35.5. The number of aromatic carboxylic acids is 1. The van der Waals surface area contributed by atoms with Gasteiger partial charge in [-0.3, -0.25) is 0 Å². The van der Waals surface area contributed by atoms with Gasteiger partial charge in [-0.2, -0.15) is 0 Å². The normalized spacial score (nSPS) is 10.6. The van der Waals surface area contributed by atoms with E-state index in [0.717, 1.165) is 5.56 Å². The van der Waals surface area contributed by atoms with Crippen LogP contribution in [-0.2, 0) is 6.54 Å². The maximum Gasteiger partial charge on any atom is 0.335 e. The van der Waals surface area contributed by atoms with E-state index in [9.17, 15) is 4.79 Å². The van der Waals surface area contributed by atoms with Gasteiger partial charge in [-0.05, 0) is 44.2 Å². The van der Waals surface area contributed by atoms with Gasteiger partial charge in [-0.25, -0.2) is 4.79 Å². The molecule has 2 aromatic carbocycles. The minimum atomic E-state index is -1.01. The summed E-state index contributed by atoms with van der Waals surface area (Å²) >= 11 is 12.3. The number of methoxy groups -OCH3 is 1. The van der Waals surface area contributed by atoms with Crippen molar-refractivity contribution >= 4 is 34.9 Å². The lowest BCUT2D eigenvalue weighted by Gasteiger charge is -2.18. The summed E-state index contributed by atoms with van der Waals surface area (Å²) in [6.45, 7) is 4.14. The van der Waals surface area contributed by atoms with Crippen LogP contribution in [0.4, 0.5) is 5.69 Å². The predicted molar refractivity (Wildman–Crippen MR) is 99.5 cm³/mol. The Labute approximate surface area is 156 Å². The monoisotopic (exact) mass is 383 g/mol.